The number of carbonyl (C=O) groups excluding carboxylic acids is 1. The number of carbonyl (C=O) groups is 1. The normalized spacial score (nSPS) is 9.48. The maximum Gasteiger partial charge on any atom is 0.310 e. The third-order valence-electron chi connectivity index (χ3n) is 4.27. The van der Waals surface area contributed by atoms with Gasteiger partial charge >= 0.3 is 5.97 Å². The molecule has 0 saturated heterocycles. The van der Waals surface area contributed by atoms with Crippen molar-refractivity contribution in [2.75, 3.05) is 20.9 Å². The van der Waals surface area contributed by atoms with E-state index in [9.17, 15) is 9.90 Å². The van der Waals surface area contributed by atoms with Crippen molar-refractivity contribution in [2.24, 2.45) is 0 Å². The number of phenolic OH excluding ortho intramolecular Hbond substituents is 1. The highest BCUT2D eigenvalue weighted by Crippen LogP contribution is 2.37. The smallest absolute Gasteiger partial charge is 0.310 e. The number of rotatable bonds is 6. The molecule has 0 spiro atoms. The van der Waals surface area contributed by atoms with E-state index in [0.717, 1.165) is 0 Å². The molecule has 6 nitrogen and oxygen atoms in total. The second kappa shape index (κ2) is 13.0. The quantitative estimate of drug-likeness (QED) is 0.227. The largest absolute Gasteiger partial charge is 0.504 e. The number of methoxy groups -OCH3 is 2. The molecule has 0 aliphatic heterocycles. The van der Waals surface area contributed by atoms with Crippen LogP contribution in [-0.2, 0) is 4.79 Å². The molecule has 0 saturated carbocycles. The summed E-state index contributed by atoms with van der Waals surface area (Å²) in [5.41, 5.74) is 1.00. The molecule has 7 heteroatoms. The van der Waals surface area contributed by atoms with Crippen LogP contribution in [0.15, 0.2) is 60.7 Å². The molecule has 1 N–H and O–H groups in total. The first-order chi connectivity index (χ1) is 16.0. The molecule has 0 fully saturated rings. The van der Waals surface area contributed by atoms with E-state index in [0.29, 0.717) is 34.1 Å². The van der Waals surface area contributed by atoms with Gasteiger partial charge < -0.3 is 24.1 Å². The van der Waals surface area contributed by atoms with Crippen molar-refractivity contribution < 1.29 is 28.8 Å². The van der Waals surface area contributed by atoms with Crippen molar-refractivity contribution in [1.29, 1.82) is 0 Å². The first kappa shape index (κ1) is 25.6. The van der Waals surface area contributed by atoms with E-state index in [2.05, 4.69) is 21.1 Å². The number of esters is 1. The predicted octanol–water partition coefficient (Wildman–Crippen LogP) is 5.41. The van der Waals surface area contributed by atoms with Gasteiger partial charge in [0.25, 0.3) is 0 Å². The maximum atomic E-state index is 12.0. The van der Waals surface area contributed by atoms with Crippen LogP contribution in [-0.4, -0.2) is 32.0 Å². The third-order valence-corrected chi connectivity index (χ3v) is 4.27. The van der Waals surface area contributed by atoms with Crippen molar-refractivity contribution in [3.63, 3.8) is 0 Å². The summed E-state index contributed by atoms with van der Waals surface area (Å²) in [5.74, 6) is 7.55. The molecule has 1 unspecified atom stereocenters. The van der Waals surface area contributed by atoms with Gasteiger partial charge in [-0.15, -0.1) is 9.24 Å². The number of ether oxygens (including phenoxy) is 4. The van der Waals surface area contributed by atoms with E-state index in [-0.39, 0.29) is 17.9 Å². The lowest BCUT2D eigenvalue weighted by atomic mass is 10.1. The fraction of sp³-hybridized carbons (Fsp3) is 0.192. The summed E-state index contributed by atoms with van der Waals surface area (Å²) in [7, 11) is 5.41. The van der Waals surface area contributed by atoms with E-state index in [1.165, 1.54) is 20.3 Å². The topological polar surface area (TPSA) is 74.2 Å². The summed E-state index contributed by atoms with van der Waals surface area (Å²) in [6.07, 6.45) is 0.208. The SMILES string of the molecule is CCC(=O)Oc1cc(Oc2ccccc2)c(OC)cc1C#Cc1ccc(OC)c(O)c1.CP. The minimum absolute atomic E-state index is 0.0175. The lowest BCUT2D eigenvalue weighted by molar-refractivity contribution is -0.134. The Balaban J connectivity index is 0.00000187. The van der Waals surface area contributed by atoms with E-state index < -0.39 is 5.97 Å². The molecule has 3 aromatic rings. The summed E-state index contributed by atoms with van der Waals surface area (Å²) >= 11 is 0. The van der Waals surface area contributed by atoms with Gasteiger partial charge in [-0.05, 0) is 30.3 Å². The van der Waals surface area contributed by atoms with E-state index in [1.807, 2.05) is 24.9 Å². The molecular formula is C26H27O6P. The van der Waals surface area contributed by atoms with E-state index in [1.54, 1.807) is 43.3 Å². The molecule has 0 bridgehead atoms. The summed E-state index contributed by atoms with van der Waals surface area (Å²) in [4.78, 5) is 12.0. The van der Waals surface area contributed by atoms with Crippen LogP contribution in [0, 0.1) is 11.8 Å². The van der Waals surface area contributed by atoms with Gasteiger partial charge in [0, 0.05) is 24.1 Å². The third kappa shape index (κ3) is 7.17. The standard InChI is InChI=1S/C25H22O6.CH5P/c1-4-25(27)31-22-16-24(30-19-8-6-5-7-9-19)23(29-3)15-18(22)12-10-17-11-13-21(28-2)20(26)14-17;1-2/h5-9,11,13-16,26H,4H2,1-3H3;2H2,1H3. The highest BCUT2D eigenvalue weighted by Gasteiger charge is 2.15. The Kier molecular flexibility index (Phi) is 10.1. The summed E-state index contributed by atoms with van der Waals surface area (Å²) < 4.78 is 21.9. The zero-order chi connectivity index (χ0) is 24.2. The van der Waals surface area contributed by atoms with Gasteiger partial charge in [0.05, 0.1) is 19.8 Å². The van der Waals surface area contributed by atoms with Crippen LogP contribution in [0.3, 0.4) is 0 Å². The van der Waals surface area contributed by atoms with Gasteiger partial charge in [0.2, 0.25) is 0 Å². The van der Waals surface area contributed by atoms with Gasteiger partial charge in [-0.25, -0.2) is 0 Å². The first-order valence-electron chi connectivity index (χ1n) is 10.2. The monoisotopic (exact) mass is 466 g/mol. The molecule has 0 amide bonds. The fourth-order valence-corrected chi connectivity index (χ4v) is 2.68. The van der Waals surface area contributed by atoms with Gasteiger partial charge in [-0.1, -0.05) is 43.6 Å². The van der Waals surface area contributed by atoms with Crippen LogP contribution in [0.1, 0.15) is 24.5 Å². The van der Waals surface area contributed by atoms with E-state index in [4.69, 9.17) is 18.9 Å². The van der Waals surface area contributed by atoms with Crippen LogP contribution in [0.4, 0.5) is 0 Å². The Labute approximate surface area is 196 Å². The molecule has 172 valence electrons. The molecule has 3 aromatic carbocycles. The molecule has 0 heterocycles. The van der Waals surface area contributed by atoms with Gasteiger partial charge in [0.1, 0.15) is 11.5 Å². The van der Waals surface area contributed by atoms with Crippen molar-refractivity contribution in [1.82, 2.24) is 0 Å². The molecular weight excluding hydrogens is 439 g/mol. The minimum atomic E-state index is -0.402. The molecule has 33 heavy (non-hydrogen) atoms. The zero-order valence-electron chi connectivity index (χ0n) is 19.0. The van der Waals surface area contributed by atoms with Crippen LogP contribution in [0.5, 0.6) is 34.5 Å². The van der Waals surface area contributed by atoms with E-state index >= 15 is 0 Å². The summed E-state index contributed by atoms with van der Waals surface area (Å²) in [6.45, 7) is 3.62. The van der Waals surface area contributed by atoms with Crippen molar-refractivity contribution >= 4 is 15.2 Å². The van der Waals surface area contributed by atoms with Crippen molar-refractivity contribution in [3.8, 4) is 46.3 Å². The number of hydrogen-bond acceptors (Lipinski definition) is 6. The average Bonchev–Trinajstić information content (AvgIpc) is 2.85. The zero-order valence-corrected chi connectivity index (χ0v) is 20.2. The minimum Gasteiger partial charge on any atom is -0.504 e. The molecule has 1 atom stereocenters. The Morgan fingerprint density at radius 3 is 2.18 bits per heavy atom. The van der Waals surface area contributed by atoms with Crippen LogP contribution in [0.25, 0.3) is 0 Å². The lowest BCUT2D eigenvalue weighted by Crippen LogP contribution is -2.07. The highest BCUT2D eigenvalue weighted by atomic mass is 31.0. The molecule has 0 aromatic heterocycles. The van der Waals surface area contributed by atoms with Gasteiger partial charge in [-0.3, -0.25) is 4.79 Å². The molecule has 0 aliphatic rings. The summed E-state index contributed by atoms with van der Waals surface area (Å²) in [5, 5.41) is 9.95. The van der Waals surface area contributed by atoms with Crippen LogP contribution in [0.2, 0.25) is 0 Å². The Morgan fingerprint density at radius 2 is 1.58 bits per heavy atom. The Bertz CT molecular complexity index is 1130. The highest BCUT2D eigenvalue weighted by molar-refractivity contribution is 7.15. The van der Waals surface area contributed by atoms with Gasteiger partial charge in [0.15, 0.2) is 23.0 Å². The second-order valence-corrected chi connectivity index (χ2v) is 6.38. The Morgan fingerprint density at radius 1 is 0.879 bits per heavy atom. The van der Waals surface area contributed by atoms with Crippen molar-refractivity contribution in [2.45, 2.75) is 13.3 Å². The number of aromatic hydroxyl groups is 1. The molecule has 0 radical (unpaired) electrons. The van der Waals surface area contributed by atoms with Crippen LogP contribution < -0.4 is 18.9 Å². The predicted molar refractivity (Wildman–Crippen MR) is 132 cm³/mol. The number of benzene rings is 3. The van der Waals surface area contributed by atoms with Crippen LogP contribution >= 0.6 is 9.24 Å². The molecule has 3 rings (SSSR count). The second-order valence-electron chi connectivity index (χ2n) is 6.38. The maximum absolute atomic E-state index is 12.0. The molecule has 0 aliphatic carbocycles. The Hall–Kier alpha value is -3.68. The van der Waals surface area contributed by atoms with Crippen molar-refractivity contribution in [3.05, 3.63) is 71.8 Å². The fourth-order valence-electron chi connectivity index (χ4n) is 2.68. The average molecular weight is 466 g/mol. The first-order valence-corrected chi connectivity index (χ1v) is 11.3. The lowest BCUT2D eigenvalue weighted by Gasteiger charge is -2.14. The van der Waals surface area contributed by atoms with Gasteiger partial charge in [-0.2, -0.15) is 0 Å². The number of para-hydroxylation sites is 1. The number of phenols is 1. The number of hydrogen-bond donors (Lipinski definition) is 1. The summed E-state index contributed by atoms with van der Waals surface area (Å²) in [6, 6.07) is 17.3.